The van der Waals surface area contributed by atoms with Crippen molar-refractivity contribution in [3.05, 3.63) is 101 Å². The molecule has 2 aliphatic rings. The molecule has 1 spiro atoms. The molecule has 1 atom stereocenters. The first-order valence-corrected chi connectivity index (χ1v) is 15.5. The molecule has 2 saturated heterocycles. The van der Waals surface area contributed by atoms with Crippen LogP contribution in [-0.2, 0) is 28.1 Å². The fourth-order valence-corrected chi connectivity index (χ4v) is 6.34. The molecular weight excluding hydrogens is 581 g/mol. The summed E-state index contributed by atoms with van der Waals surface area (Å²) >= 11 is 0. The number of carbonyl (C=O) groups excluding carboxylic acids is 2. The monoisotopic (exact) mass is 622 g/mol. The molecule has 9 heteroatoms. The van der Waals surface area contributed by atoms with Gasteiger partial charge in [0, 0.05) is 42.7 Å². The molecule has 0 N–H and O–H groups in total. The van der Waals surface area contributed by atoms with Crippen molar-refractivity contribution in [1.82, 2.24) is 9.80 Å². The van der Waals surface area contributed by atoms with Gasteiger partial charge in [-0.3, -0.25) is 9.69 Å². The fraction of sp³-hybridized carbons (Fsp3) is 0.444. The Morgan fingerprint density at radius 3 is 2.11 bits per heavy atom. The van der Waals surface area contributed by atoms with Crippen LogP contribution in [0, 0.1) is 5.41 Å². The molecule has 0 aromatic heterocycles. The minimum atomic E-state index is -5.09. The second-order valence-corrected chi connectivity index (χ2v) is 13.2. The Kier molecular flexibility index (Phi) is 9.58. The van der Waals surface area contributed by atoms with Gasteiger partial charge in [0.15, 0.2) is 0 Å². The van der Waals surface area contributed by atoms with Crippen LogP contribution in [0.25, 0.3) is 0 Å². The minimum absolute atomic E-state index is 0.0337. The van der Waals surface area contributed by atoms with Crippen LogP contribution in [0.2, 0.25) is 0 Å². The second-order valence-electron chi connectivity index (χ2n) is 13.2. The van der Waals surface area contributed by atoms with Gasteiger partial charge in [-0.25, -0.2) is 4.79 Å². The Morgan fingerprint density at radius 1 is 0.844 bits per heavy atom. The number of nitrogens with zero attached hydrogens (tertiary/aromatic N) is 2. The highest BCUT2D eigenvalue weighted by Crippen LogP contribution is 2.44. The predicted octanol–water partition coefficient (Wildman–Crippen LogP) is 7.17. The van der Waals surface area contributed by atoms with Gasteiger partial charge >= 0.3 is 12.1 Å². The number of ether oxygens (including phenoxy) is 2. The van der Waals surface area contributed by atoms with Crippen molar-refractivity contribution in [2.45, 2.75) is 70.9 Å². The molecule has 0 radical (unpaired) electrons. The second kappa shape index (κ2) is 13.3. The summed E-state index contributed by atoms with van der Waals surface area (Å²) in [7, 11) is 0. The molecule has 2 fully saturated rings. The van der Waals surface area contributed by atoms with Crippen LogP contribution < -0.4 is 4.74 Å². The van der Waals surface area contributed by atoms with E-state index >= 15 is 0 Å². The Bertz CT molecular complexity index is 1460. The van der Waals surface area contributed by atoms with Gasteiger partial charge in [-0.05, 0) is 60.5 Å². The summed E-state index contributed by atoms with van der Waals surface area (Å²) in [6.07, 6.45) is -4.57. The number of esters is 1. The van der Waals surface area contributed by atoms with Crippen molar-refractivity contribution in [2.75, 3.05) is 26.2 Å². The molecule has 45 heavy (non-hydrogen) atoms. The van der Waals surface area contributed by atoms with Crippen LogP contribution in [0.5, 0.6) is 5.75 Å². The molecule has 1 amide bonds. The lowest BCUT2D eigenvalue weighted by atomic mass is 9.69. The van der Waals surface area contributed by atoms with Crippen LogP contribution in [-0.4, -0.2) is 60.1 Å². The third-order valence-corrected chi connectivity index (χ3v) is 9.16. The number of alkyl halides is 3. The molecule has 240 valence electrons. The average Bonchev–Trinajstić information content (AvgIpc) is 3.02. The van der Waals surface area contributed by atoms with Gasteiger partial charge < -0.3 is 14.4 Å². The normalized spacial score (nSPS) is 18.9. The van der Waals surface area contributed by atoms with Crippen LogP contribution >= 0.6 is 0 Å². The number of benzene rings is 3. The van der Waals surface area contributed by atoms with E-state index in [1.165, 1.54) is 0 Å². The molecule has 6 nitrogen and oxygen atoms in total. The van der Waals surface area contributed by atoms with Gasteiger partial charge in [-0.1, -0.05) is 81.4 Å². The summed E-state index contributed by atoms with van der Waals surface area (Å²) in [5.41, 5.74) is 2.97. The zero-order chi connectivity index (χ0) is 32.2. The summed E-state index contributed by atoms with van der Waals surface area (Å²) in [6, 6.07) is 25.0. The van der Waals surface area contributed by atoms with E-state index in [0.717, 1.165) is 16.7 Å². The highest BCUT2D eigenvalue weighted by Gasteiger charge is 2.51. The number of para-hydroxylation sites is 1. The zero-order valence-corrected chi connectivity index (χ0v) is 26.1. The van der Waals surface area contributed by atoms with Gasteiger partial charge in [0.05, 0.1) is 0 Å². The van der Waals surface area contributed by atoms with Gasteiger partial charge in [-0.15, -0.1) is 0 Å². The van der Waals surface area contributed by atoms with E-state index in [2.05, 4.69) is 20.8 Å². The van der Waals surface area contributed by atoms with Crippen molar-refractivity contribution in [3.63, 3.8) is 0 Å². The smallest absolute Gasteiger partial charge is 0.489 e. The Hall–Kier alpha value is -3.85. The molecule has 0 bridgehead atoms. The Balaban J connectivity index is 1.27. The lowest BCUT2D eigenvalue weighted by molar-refractivity contribution is -0.216. The Morgan fingerprint density at radius 2 is 1.47 bits per heavy atom. The molecule has 3 aromatic carbocycles. The number of hydrogen-bond donors (Lipinski definition) is 0. The number of likely N-dealkylation sites (tertiary alicyclic amines) is 2. The molecule has 2 aliphatic heterocycles. The largest absolute Gasteiger partial charge is 0.490 e. The number of carbonyl (C=O) groups is 2. The number of hydrogen-bond acceptors (Lipinski definition) is 5. The summed E-state index contributed by atoms with van der Waals surface area (Å²) in [4.78, 5) is 29.2. The van der Waals surface area contributed by atoms with Crippen LogP contribution in [0.15, 0.2) is 78.9 Å². The van der Waals surface area contributed by atoms with Crippen molar-refractivity contribution in [1.29, 1.82) is 0 Å². The van der Waals surface area contributed by atoms with E-state index in [0.29, 0.717) is 63.4 Å². The van der Waals surface area contributed by atoms with Gasteiger partial charge in [-0.2, -0.15) is 13.2 Å². The van der Waals surface area contributed by atoms with E-state index in [-0.39, 0.29) is 17.9 Å². The molecule has 0 aliphatic carbocycles. The van der Waals surface area contributed by atoms with Crippen LogP contribution in [0.3, 0.4) is 0 Å². The first-order chi connectivity index (χ1) is 21.3. The zero-order valence-electron chi connectivity index (χ0n) is 26.1. The quantitative estimate of drug-likeness (QED) is 0.262. The van der Waals surface area contributed by atoms with Gasteiger partial charge in [0.25, 0.3) is 5.91 Å². The van der Waals surface area contributed by atoms with Crippen molar-refractivity contribution < 1.29 is 32.2 Å². The average molecular weight is 623 g/mol. The van der Waals surface area contributed by atoms with E-state index < -0.39 is 23.7 Å². The third-order valence-electron chi connectivity index (χ3n) is 9.16. The maximum atomic E-state index is 13.4. The summed E-state index contributed by atoms with van der Waals surface area (Å²) < 4.78 is 51.5. The fourth-order valence-electron chi connectivity index (χ4n) is 6.34. The lowest BCUT2D eigenvalue weighted by Crippen LogP contribution is -2.57. The summed E-state index contributed by atoms with van der Waals surface area (Å²) in [5, 5.41) is 0. The molecule has 1 unspecified atom stereocenters. The highest BCUT2D eigenvalue weighted by molar-refractivity contribution is 5.94. The maximum Gasteiger partial charge on any atom is 0.490 e. The van der Waals surface area contributed by atoms with Crippen molar-refractivity contribution in [3.8, 4) is 5.75 Å². The van der Waals surface area contributed by atoms with E-state index in [1.807, 2.05) is 83.8 Å². The van der Waals surface area contributed by atoms with Crippen molar-refractivity contribution >= 4 is 11.9 Å². The van der Waals surface area contributed by atoms with E-state index in [9.17, 15) is 22.8 Å². The number of halogens is 3. The Labute approximate surface area is 263 Å². The highest BCUT2D eigenvalue weighted by atomic mass is 19.4. The molecule has 2 heterocycles. The van der Waals surface area contributed by atoms with Gasteiger partial charge in [0.2, 0.25) is 0 Å². The van der Waals surface area contributed by atoms with E-state index in [1.54, 1.807) is 4.90 Å². The maximum absolute atomic E-state index is 13.4. The first kappa shape index (κ1) is 32.5. The number of piperidine rings is 2. The SMILES string of the molecule is CC(C)(C)c1ccc(C(=O)N2CCC3(CCN(Cc4ccccc4OCc4ccccc4)CC3OC(=O)C(F)(F)F)CC2)cc1. The lowest BCUT2D eigenvalue weighted by Gasteiger charge is -2.51. The van der Waals surface area contributed by atoms with Crippen LogP contribution in [0.1, 0.15) is 67.1 Å². The van der Waals surface area contributed by atoms with Gasteiger partial charge in [0.1, 0.15) is 18.5 Å². The topological polar surface area (TPSA) is 59.1 Å². The third kappa shape index (κ3) is 7.87. The minimum Gasteiger partial charge on any atom is -0.489 e. The molecular formula is C36H41F3N2O4. The van der Waals surface area contributed by atoms with Crippen molar-refractivity contribution in [2.24, 2.45) is 5.41 Å². The molecule has 0 saturated carbocycles. The standard InChI is InChI=1S/C36H41F3N2O4/c1-34(2,3)29-15-13-27(14-16-29)32(42)41-21-18-35(19-22-41)17-20-40(24-31(35)45-33(43)36(37,38)39)23-28-11-7-8-12-30(28)44-25-26-9-5-4-6-10-26/h4-16,31H,17-25H2,1-3H3. The van der Waals surface area contributed by atoms with E-state index in [4.69, 9.17) is 9.47 Å². The summed E-state index contributed by atoms with van der Waals surface area (Å²) in [5.74, 6) is -1.57. The predicted molar refractivity (Wildman–Crippen MR) is 166 cm³/mol. The number of amides is 1. The van der Waals surface area contributed by atoms with Crippen LogP contribution in [0.4, 0.5) is 13.2 Å². The summed E-state index contributed by atoms with van der Waals surface area (Å²) in [6.45, 7) is 8.72. The molecule has 5 rings (SSSR count). The molecule has 3 aromatic rings. The first-order valence-electron chi connectivity index (χ1n) is 15.5. The number of rotatable bonds is 7.